The van der Waals surface area contributed by atoms with Crippen LogP contribution >= 0.6 is 0 Å². The molecule has 2 aromatic rings. The van der Waals surface area contributed by atoms with Crippen LogP contribution in [0.25, 0.3) is 11.1 Å². The molecule has 31 heavy (non-hydrogen) atoms. The van der Waals surface area contributed by atoms with Gasteiger partial charge in [-0.05, 0) is 49.2 Å². The van der Waals surface area contributed by atoms with Crippen LogP contribution in [0.4, 0.5) is 0 Å². The van der Waals surface area contributed by atoms with Crippen molar-refractivity contribution in [1.82, 2.24) is 9.88 Å². The Labute approximate surface area is 183 Å². The number of benzene rings is 1. The molecule has 7 heteroatoms. The highest BCUT2D eigenvalue weighted by molar-refractivity contribution is 5.70. The van der Waals surface area contributed by atoms with Crippen molar-refractivity contribution in [2.24, 2.45) is 5.92 Å². The monoisotopic (exact) mass is 428 g/mol. The van der Waals surface area contributed by atoms with Gasteiger partial charge in [-0.2, -0.15) is 0 Å². The van der Waals surface area contributed by atoms with Gasteiger partial charge in [0.1, 0.15) is 5.75 Å². The molecule has 2 fully saturated rings. The third kappa shape index (κ3) is 5.54. The van der Waals surface area contributed by atoms with E-state index in [1.807, 2.05) is 24.3 Å². The van der Waals surface area contributed by atoms with Crippen LogP contribution in [0.2, 0.25) is 0 Å². The number of likely N-dealkylation sites (tertiary alicyclic amines) is 1. The second-order valence-corrected chi connectivity index (χ2v) is 8.16. The summed E-state index contributed by atoms with van der Waals surface area (Å²) in [6.45, 7) is 5.03. The number of hydrogen-bond donors (Lipinski definition) is 1. The number of aliphatic hydroxyl groups excluding tert-OH is 1. The van der Waals surface area contributed by atoms with E-state index in [0.717, 1.165) is 48.4 Å². The smallest absolute Gasteiger partial charge is 0.221 e. The highest BCUT2D eigenvalue weighted by atomic mass is 16.5. The van der Waals surface area contributed by atoms with Gasteiger partial charge in [0.05, 0.1) is 46.8 Å². The first-order valence-electron chi connectivity index (χ1n) is 11.0. The summed E-state index contributed by atoms with van der Waals surface area (Å²) < 4.78 is 22.9. The molecule has 168 valence electrons. The number of rotatable bonds is 8. The van der Waals surface area contributed by atoms with E-state index < -0.39 is 0 Å². The van der Waals surface area contributed by atoms with Crippen LogP contribution in [0.15, 0.2) is 36.5 Å². The van der Waals surface area contributed by atoms with Crippen molar-refractivity contribution in [3.8, 4) is 22.8 Å². The normalized spacial score (nSPS) is 20.5. The zero-order chi connectivity index (χ0) is 21.5. The zero-order valence-electron chi connectivity index (χ0n) is 18.2. The summed E-state index contributed by atoms with van der Waals surface area (Å²) in [5, 5.41) is 9.76. The van der Waals surface area contributed by atoms with E-state index in [-0.39, 0.29) is 18.6 Å². The summed E-state index contributed by atoms with van der Waals surface area (Å²) in [7, 11) is 1.64. The quantitative estimate of drug-likeness (QED) is 0.693. The first-order chi connectivity index (χ1) is 15.3. The van der Waals surface area contributed by atoms with Gasteiger partial charge in [-0.3, -0.25) is 4.90 Å². The van der Waals surface area contributed by atoms with E-state index in [0.29, 0.717) is 38.9 Å². The highest BCUT2D eigenvalue weighted by Gasteiger charge is 2.25. The third-order valence-corrected chi connectivity index (χ3v) is 5.97. The fourth-order valence-corrected chi connectivity index (χ4v) is 4.28. The Balaban J connectivity index is 1.58. The molecule has 1 N–H and O–H groups in total. The van der Waals surface area contributed by atoms with Crippen LogP contribution in [0.5, 0.6) is 11.6 Å². The average molecular weight is 429 g/mol. The van der Waals surface area contributed by atoms with Crippen molar-refractivity contribution in [2.45, 2.75) is 25.4 Å². The molecule has 0 radical (unpaired) electrons. The fourth-order valence-electron chi connectivity index (χ4n) is 4.28. The summed E-state index contributed by atoms with van der Waals surface area (Å²) in [4.78, 5) is 6.67. The van der Waals surface area contributed by atoms with Crippen molar-refractivity contribution in [3.63, 3.8) is 0 Å². The van der Waals surface area contributed by atoms with Gasteiger partial charge in [0.2, 0.25) is 5.88 Å². The van der Waals surface area contributed by atoms with Gasteiger partial charge in [-0.15, -0.1) is 0 Å². The molecule has 2 aliphatic rings. The summed E-state index contributed by atoms with van der Waals surface area (Å²) in [5.74, 6) is 1.68. The number of hydrogen-bond acceptors (Lipinski definition) is 7. The Morgan fingerprint density at radius 1 is 1.19 bits per heavy atom. The lowest BCUT2D eigenvalue weighted by Crippen LogP contribution is -2.31. The van der Waals surface area contributed by atoms with Crippen molar-refractivity contribution in [2.75, 3.05) is 53.3 Å². The van der Waals surface area contributed by atoms with Crippen LogP contribution < -0.4 is 9.47 Å². The van der Waals surface area contributed by atoms with E-state index in [1.165, 1.54) is 0 Å². The molecule has 2 saturated heterocycles. The molecule has 0 unspecified atom stereocenters. The highest BCUT2D eigenvalue weighted by Crippen LogP contribution is 2.33. The SMILES string of the molecule is COc1ncccc1-c1ccc(OCC2COCCOC2)c(CN2CCC[C@H]2CO)c1. The average Bonchev–Trinajstić information content (AvgIpc) is 3.09. The number of aliphatic hydroxyl groups is 1. The lowest BCUT2D eigenvalue weighted by molar-refractivity contribution is 0.0995. The van der Waals surface area contributed by atoms with Gasteiger partial charge in [-0.25, -0.2) is 4.98 Å². The summed E-state index contributed by atoms with van der Waals surface area (Å²) in [6, 6.07) is 10.4. The van der Waals surface area contributed by atoms with Crippen LogP contribution in [0.3, 0.4) is 0 Å². The minimum atomic E-state index is 0.184. The third-order valence-electron chi connectivity index (χ3n) is 5.97. The maximum atomic E-state index is 9.76. The van der Waals surface area contributed by atoms with Gasteiger partial charge >= 0.3 is 0 Å². The second-order valence-electron chi connectivity index (χ2n) is 8.16. The molecule has 1 atom stereocenters. The maximum Gasteiger partial charge on any atom is 0.221 e. The first kappa shape index (κ1) is 22.0. The van der Waals surface area contributed by atoms with E-state index in [2.05, 4.69) is 16.0 Å². The molecule has 4 rings (SSSR count). The first-order valence-corrected chi connectivity index (χ1v) is 11.0. The minimum absolute atomic E-state index is 0.184. The van der Waals surface area contributed by atoms with E-state index in [9.17, 15) is 5.11 Å². The summed E-state index contributed by atoms with van der Waals surface area (Å²) in [6.07, 6.45) is 3.86. The molecule has 0 aliphatic carbocycles. The molecule has 0 bridgehead atoms. The number of ether oxygens (including phenoxy) is 4. The number of aromatic nitrogens is 1. The van der Waals surface area contributed by atoms with Crippen LogP contribution in [0, 0.1) is 5.92 Å². The van der Waals surface area contributed by atoms with Gasteiger partial charge in [0.15, 0.2) is 0 Å². The van der Waals surface area contributed by atoms with Crippen LogP contribution in [-0.2, 0) is 16.0 Å². The molecule has 0 amide bonds. The molecular weight excluding hydrogens is 396 g/mol. The molecule has 3 heterocycles. The molecule has 1 aromatic heterocycles. The Kier molecular flexibility index (Phi) is 7.75. The molecule has 1 aromatic carbocycles. The van der Waals surface area contributed by atoms with Crippen molar-refractivity contribution < 1.29 is 24.1 Å². The van der Waals surface area contributed by atoms with Gasteiger partial charge in [0, 0.05) is 35.8 Å². The summed E-state index contributed by atoms with van der Waals surface area (Å²) >= 11 is 0. The van der Waals surface area contributed by atoms with Crippen molar-refractivity contribution >= 4 is 0 Å². The Morgan fingerprint density at radius 3 is 2.81 bits per heavy atom. The molecule has 7 nitrogen and oxygen atoms in total. The Morgan fingerprint density at radius 2 is 2.03 bits per heavy atom. The Bertz CT molecular complexity index is 838. The van der Waals surface area contributed by atoms with E-state index >= 15 is 0 Å². The fraction of sp³-hybridized carbons (Fsp3) is 0.542. The summed E-state index contributed by atoms with van der Waals surface area (Å²) in [5.41, 5.74) is 3.08. The molecule has 2 aliphatic heterocycles. The largest absolute Gasteiger partial charge is 0.493 e. The van der Waals surface area contributed by atoms with E-state index in [1.54, 1.807) is 13.3 Å². The van der Waals surface area contributed by atoms with Crippen LogP contribution in [0.1, 0.15) is 18.4 Å². The van der Waals surface area contributed by atoms with Crippen molar-refractivity contribution in [3.05, 3.63) is 42.1 Å². The lowest BCUT2D eigenvalue weighted by Gasteiger charge is -2.25. The lowest BCUT2D eigenvalue weighted by atomic mass is 10.0. The second kappa shape index (κ2) is 10.9. The standard InChI is InChI=1S/C24H32N2O5/c1-28-24-22(5-2-8-25-24)19-6-7-23(31-17-18-15-29-10-11-30-16-18)20(12-19)13-26-9-3-4-21(26)14-27/h2,5-8,12,18,21,27H,3-4,9-11,13-17H2,1H3/t21-/m0/s1. The number of nitrogens with zero attached hydrogens (tertiary/aromatic N) is 2. The molecular formula is C24H32N2O5. The van der Waals surface area contributed by atoms with Crippen molar-refractivity contribution in [1.29, 1.82) is 0 Å². The van der Waals surface area contributed by atoms with Gasteiger partial charge < -0.3 is 24.1 Å². The maximum absolute atomic E-state index is 9.76. The molecule has 0 saturated carbocycles. The topological polar surface area (TPSA) is 73.3 Å². The zero-order valence-corrected chi connectivity index (χ0v) is 18.2. The predicted octanol–water partition coefficient (Wildman–Crippen LogP) is 2.76. The Hall–Kier alpha value is -2.19. The number of pyridine rings is 1. The van der Waals surface area contributed by atoms with Gasteiger partial charge in [0.25, 0.3) is 0 Å². The minimum Gasteiger partial charge on any atom is -0.493 e. The number of methoxy groups -OCH3 is 1. The van der Waals surface area contributed by atoms with E-state index in [4.69, 9.17) is 18.9 Å². The predicted molar refractivity (Wildman–Crippen MR) is 117 cm³/mol. The van der Waals surface area contributed by atoms with Crippen LogP contribution in [-0.4, -0.2) is 74.3 Å². The van der Waals surface area contributed by atoms with Gasteiger partial charge in [-0.1, -0.05) is 6.07 Å². The molecule has 0 spiro atoms.